The molecule has 0 bridgehead atoms. The molecule has 0 aliphatic carbocycles. The molecule has 0 saturated carbocycles. The zero-order chi connectivity index (χ0) is 21.2. The van der Waals surface area contributed by atoms with E-state index in [1.807, 2.05) is 26.8 Å². The standard InChI is InChI=1S/C19H22N6O3S/c1-5-10-24-15(27)12-8-6-7-9-13(12)25-17(24)22-23-18(25)29-11-14(26)20-16(28)21-19(2,3)4/h5-9H,1,10-11H2,2-4H3,(H2,20,21,26,28). The van der Waals surface area contributed by atoms with Crippen LogP contribution in [0.15, 0.2) is 46.9 Å². The first-order valence-electron chi connectivity index (χ1n) is 8.93. The molecule has 9 nitrogen and oxygen atoms in total. The molecule has 3 amide bonds. The van der Waals surface area contributed by atoms with Gasteiger partial charge in [0.05, 0.1) is 16.7 Å². The number of urea groups is 1. The van der Waals surface area contributed by atoms with Crippen LogP contribution in [0.2, 0.25) is 0 Å². The summed E-state index contributed by atoms with van der Waals surface area (Å²) >= 11 is 1.13. The molecule has 3 aromatic rings. The third kappa shape index (κ3) is 4.48. The normalized spacial score (nSPS) is 11.6. The lowest BCUT2D eigenvalue weighted by atomic mass is 10.1. The third-order valence-electron chi connectivity index (χ3n) is 3.86. The van der Waals surface area contributed by atoms with Crippen LogP contribution in [-0.4, -0.2) is 42.4 Å². The van der Waals surface area contributed by atoms with Crippen molar-refractivity contribution in [3.63, 3.8) is 0 Å². The Labute approximate surface area is 171 Å². The average Bonchev–Trinajstić information content (AvgIpc) is 3.06. The number of aromatic nitrogens is 4. The van der Waals surface area contributed by atoms with Crippen molar-refractivity contribution in [2.45, 2.75) is 38.0 Å². The number of thioether (sulfide) groups is 1. The molecule has 0 aliphatic rings. The molecule has 10 heteroatoms. The number of benzene rings is 1. The molecule has 2 heterocycles. The number of amides is 3. The fourth-order valence-corrected chi connectivity index (χ4v) is 3.53. The highest BCUT2D eigenvalue weighted by Crippen LogP contribution is 2.21. The molecule has 2 aromatic heterocycles. The topological polar surface area (TPSA) is 110 Å². The summed E-state index contributed by atoms with van der Waals surface area (Å²) in [4.78, 5) is 36.7. The summed E-state index contributed by atoms with van der Waals surface area (Å²) in [5, 5.41) is 14.2. The van der Waals surface area contributed by atoms with Crippen LogP contribution in [0.25, 0.3) is 16.7 Å². The van der Waals surface area contributed by atoms with E-state index >= 15 is 0 Å². The van der Waals surface area contributed by atoms with Crippen LogP contribution in [0.4, 0.5) is 4.79 Å². The summed E-state index contributed by atoms with van der Waals surface area (Å²) in [5.74, 6) is -0.132. The van der Waals surface area contributed by atoms with E-state index in [2.05, 4.69) is 27.4 Å². The summed E-state index contributed by atoms with van der Waals surface area (Å²) in [7, 11) is 0. The second kappa shape index (κ2) is 8.08. The fraction of sp³-hybridized carbons (Fsp3) is 0.316. The number of nitrogens with one attached hydrogen (secondary N) is 2. The number of fused-ring (bicyclic) bond motifs is 3. The monoisotopic (exact) mass is 414 g/mol. The predicted octanol–water partition coefficient (Wildman–Crippen LogP) is 1.95. The maximum Gasteiger partial charge on any atom is 0.321 e. The van der Waals surface area contributed by atoms with Crippen LogP contribution in [0.1, 0.15) is 20.8 Å². The lowest BCUT2D eigenvalue weighted by Gasteiger charge is -2.20. The van der Waals surface area contributed by atoms with Crippen LogP contribution >= 0.6 is 11.8 Å². The lowest BCUT2D eigenvalue weighted by Crippen LogP contribution is -2.48. The summed E-state index contributed by atoms with van der Waals surface area (Å²) < 4.78 is 3.21. The Morgan fingerprint density at radius 3 is 2.66 bits per heavy atom. The first-order valence-corrected chi connectivity index (χ1v) is 9.92. The van der Waals surface area contributed by atoms with Crippen molar-refractivity contribution in [3.8, 4) is 0 Å². The van der Waals surface area contributed by atoms with Gasteiger partial charge in [-0.05, 0) is 32.9 Å². The summed E-state index contributed by atoms with van der Waals surface area (Å²) in [6.45, 7) is 9.44. The minimum atomic E-state index is -0.556. The van der Waals surface area contributed by atoms with Crippen LogP contribution < -0.4 is 16.2 Å². The van der Waals surface area contributed by atoms with Crippen molar-refractivity contribution in [2.24, 2.45) is 0 Å². The second-order valence-electron chi connectivity index (χ2n) is 7.38. The van der Waals surface area contributed by atoms with E-state index in [9.17, 15) is 14.4 Å². The van der Waals surface area contributed by atoms with Crippen LogP contribution in [0, 0.1) is 0 Å². The SMILES string of the molecule is C=CCn1c(=O)c2ccccc2n2c(SCC(=O)NC(=O)NC(C)(C)C)nnc12. The first-order chi connectivity index (χ1) is 13.7. The quantitative estimate of drug-likeness (QED) is 0.488. The number of rotatable bonds is 5. The van der Waals surface area contributed by atoms with Gasteiger partial charge >= 0.3 is 6.03 Å². The van der Waals surface area contributed by atoms with Gasteiger partial charge in [-0.3, -0.25) is 23.9 Å². The van der Waals surface area contributed by atoms with Gasteiger partial charge < -0.3 is 5.32 Å². The largest absolute Gasteiger partial charge is 0.333 e. The van der Waals surface area contributed by atoms with Gasteiger partial charge in [0.1, 0.15) is 0 Å². The fourth-order valence-electron chi connectivity index (χ4n) is 2.79. The molecule has 3 rings (SSSR count). The number of carbonyl (C=O) groups excluding carboxylic acids is 2. The lowest BCUT2D eigenvalue weighted by molar-refractivity contribution is -0.117. The van der Waals surface area contributed by atoms with E-state index in [4.69, 9.17) is 0 Å². The highest BCUT2D eigenvalue weighted by atomic mass is 32.2. The number of para-hydroxylation sites is 1. The van der Waals surface area contributed by atoms with E-state index in [1.165, 1.54) is 4.57 Å². The third-order valence-corrected chi connectivity index (χ3v) is 4.79. The van der Waals surface area contributed by atoms with E-state index in [0.29, 0.717) is 21.8 Å². The van der Waals surface area contributed by atoms with Crippen LogP contribution in [0.5, 0.6) is 0 Å². The van der Waals surface area contributed by atoms with Gasteiger partial charge in [0.25, 0.3) is 5.56 Å². The molecular weight excluding hydrogens is 392 g/mol. The number of carbonyl (C=O) groups is 2. The molecule has 0 radical (unpaired) electrons. The summed E-state index contributed by atoms with van der Waals surface area (Å²) in [6.07, 6.45) is 1.61. The molecule has 0 aliphatic heterocycles. The van der Waals surface area contributed by atoms with Gasteiger partial charge in [-0.1, -0.05) is 30.0 Å². The maximum atomic E-state index is 12.8. The zero-order valence-corrected chi connectivity index (χ0v) is 17.2. The Bertz CT molecular complexity index is 1160. The van der Waals surface area contributed by atoms with E-state index < -0.39 is 17.5 Å². The van der Waals surface area contributed by atoms with Crippen molar-refractivity contribution in [2.75, 3.05) is 5.75 Å². The number of imide groups is 1. The Hall–Kier alpha value is -3.14. The molecule has 0 unspecified atom stereocenters. The Morgan fingerprint density at radius 1 is 1.24 bits per heavy atom. The number of hydrogen-bond donors (Lipinski definition) is 2. The number of allylic oxidation sites excluding steroid dienone is 1. The molecular formula is C19H22N6O3S. The van der Waals surface area contributed by atoms with Gasteiger partial charge in [0.15, 0.2) is 5.16 Å². The number of nitrogens with zero attached hydrogens (tertiary/aromatic N) is 4. The molecule has 29 heavy (non-hydrogen) atoms. The second-order valence-corrected chi connectivity index (χ2v) is 8.32. The molecule has 0 spiro atoms. The van der Waals surface area contributed by atoms with Gasteiger partial charge in [-0.15, -0.1) is 16.8 Å². The van der Waals surface area contributed by atoms with E-state index in [0.717, 1.165) is 11.8 Å². The summed E-state index contributed by atoms with van der Waals surface area (Å²) in [5.41, 5.74) is 0.00814. The molecule has 0 fully saturated rings. The zero-order valence-electron chi connectivity index (χ0n) is 16.4. The molecule has 152 valence electrons. The van der Waals surface area contributed by atoms with E-state index in [1.54, 1.807) is 28.7 Å². The van der Waals surface area contributed by atoms with E-state index in [-0.39, 0.29) is 17.9 Å². The molecule has 0 saturated heterocycles. The molecule has 0 atom stereocenters. The minimum absolute atomic E-state index is 0.0345. The highest BCUT2D eigenvalue weighted by molar-refractivity contribution is 7.99. The smallest absolute Gasteiger partial charge is 0.321 e. The van der Waals surface area contributed by atoms with Crippen LogP contribution in [-0.2, 0) is 11.3 Å². The van der Waals surface area contributed by atoms with Gasteiger partial charge in [0, 0.05) is 12.1 Å². The van der Waals surface area contributed by atoms with Gasteiger partial charge in [0.2, 0.25) is 11.7 Å². The van der Waals surface area contributed by atoms with Crippen molar-refractivity contribution in [1.82, 2.24) is 29.8 Å². The number of hydrogen-bond acceptors (Lipinski definition) is 6. The van der Waals surface area contributed by atoms with Gasteiger partial charge in [-0.2, -0.15) is 0 Å². The Morgan fingerprint density at radius 2 is 1.97 bits per heavy atom. The minimum Gasteiger partial charge on any atom is -0.333 e. The molecule has 1 aromatic carbocycles. The Balaban J connectivity index is 1.89. The average molecular weight is 414 g/mol. The van der Waals surface area contributed by atoms with Crippen molar-refractivity contribution < 1.29 is 9.59 Å². The van der Waals surface area contributed by atoms with Crippen molar-refractivity contribution >= 4 is 40.4 Å². The molecule has 2 N–H and O–H groups in total. The summed E-state index contributed by atoms with van der Waals surface area (Å²) in [6, 6.07) is 6.57. The predicted molar refractivity (Wildman–Crippen MR) is 112 cm³/mol. The van der Waals surface area contributed by atoms with Crippen LogP contribution in [0.3, 0.4) is 0 Å². The Kier molecular flexibility index (Phi) is 5.73. The first kappa shape index (κ1) is 20.6. The van der Waals surface area contributed by atoms with Crippen molar-refractivity contribution in [1.29, 1.82) is 0 Å². The van der Waals surface area contributed by atoms with Crippen molar-refractivity contribution in [3.05, 3.63) is 47.3 Å². The maximum absolute atomic E-state index is 12.8. The highest BCUT2D eigenvalue weighted by Gasteiger charge is 2.19. The van der Waals surface area contributed by atoms with Gasteiger partial charge in [-0.25, -0.2) is 4.79 Å².